The van der Waals surface area contributed by atoms with Crippen LogP contribution in [0.1, 0.15) is 26.3 Å². The molecule has 1 aromatic rings. The Bertz CT molecular complexity index is 168. The van der Waals surface area contributed by atoms with Gasteiger partial charge in [-0.05, 0) is 0 Å². The Kier molecular flexibility index (Phi) is 26.0. The summed E-state index contributed by atoms with van der Waals surface area (Å²) in [5.74, 6) is 0. The van der Waals surface area contributed by atoms with Gasteiger partial charge in [0, 0.05) is 32.7 Å². The predicted molar refractivity (Wildman–Crippen MR) is 55.9 cm³/mol. The zero-order chi connectivity index (χ0) is 9.82. The fraction of sp³-hybridized carbons (Fsp3) is 0.333. The summed E-state index contributed by atoms with van der Waals surface area (Å²) in [5.41, 5.74) is 1.29. The molecule has 1 aromatic carbocycles. The van der Waals surface area contributed by atoms with E-state index in [1.165, 1.54) is 11.6 Å². The minimum Gasteiger partial charge on any atom is -0.518 e. The molecule has 0 saturated heterocycles. The van der Waals surface area contributed by atoms with Gasteiger partial charge in [0.2, 0.25) is 0 Å². The third kappa shape index (κ3) is 18.8. The predicted octanol–water partition coefficient (Wildman–Crippen LogP) is 3.81. The average Bonchev–Trinajstić information content (AvgIpc) is 2.11. The van der Waals surface area contributed by atoms with Crippen LogP contribution in [0.15, 0.2) is 30.3 Å². The molecule has 0 unspecified atom stereocenters. The minimum atomic E-state index is 0. The van der Waals surface area contributed by atoms with Gasteiger partial charge in [0.15, 0.2) is 0 Å². The van der Waals surface area contributed by atoms with Crippen molar-refractivity contribution in [2.45, 2.75) is 27.7 Å². The van der Waals surface area contributed by atoms with Crippen LogP contribution in [-0.2, 0) is 32.7 Å². The maximum atomic E-state index is 4.72. The van der Waals surface area contributed by atoms with Crippen LogP contribution in [0.5, 0.6) is 0 Å². The number of allylic oxidation sites excluding steroid dienone is 1. The molecule has 1 heteroatoms. The fourth-order valence-corrected chi connectivity index (χ4v) is 0.470. The Labute approximate surface area is 108 Å². The van der Waals surface area contributed by atoms with E-state index in [0.717, 1.165) is 0 Å². The summed E-state index contributed by atoms with van der Waals surface area (Å²) in [7, 11) is 0. The normalized spacial score (nSPS) is 6.15. The van der Waals surface area contributed by atoms with Crippen molar-refractivity contribution in [3.05, 3.63) is 48.6 Å². The summed E-state index contributed by atoms with van der Waals surface area (Å²) in [5, 5.41) is 0. The van der Waals surface area contributed by atoms with Crippen LogP contribution < -0.4 is 0 Å². The van der Waals surface area contributed by atoms with Crippen LogP contribution in [-0.4, -0.2) is 0 Å². The van der Waals surface area contributed by atoms with Crippen molar-refractivity contribution in [1.82, 2.24) is 0 Å². The van der Waals surface area contributed by atoms with Crippen molar-refractivity contribution >= 4 is 0 Å². The van der Waals surface area contributed by atoms with Crippen molar-refractivity contribution in [2.75, 3.05) is 0 Å². The molecule has 0 amide bonds. The molecule has 0 fully saturated rings. The molecule has 71 valence electrons. The first kappa shape index (κ1) is 18.8. The second-order valence-electron chi connectivity index (χ2n) is 1.91. The Morgan fingerprint density at radius 3 is 1.69 bits per heavy atom. The second kappa shape index (κ2) is 18.0. The maximum Gasteiger partial charge on any atom is 0 e. The standard InChI is InChI=1S/C7H7.C3H5.C2H6.Y/c1-7-5-3-2-4-6-7;1-3-2;1-2;/h3-6H,1H3;1,3H,2H3;1-2H3;/q2*-1;;. The summed E-state index contributed by atoms with van der Waals surface area (Å²) in [6.07, 6.45) is 1.50. The van der Waals surface area contributed by atoms with Gasteiger partial charge in [-0.3, -0.25) is 6.08 Å². The quantitative estimate of drug-likeness (QED) is 0.615. The molecule has 0 aromatic heterocycles. The zero-order valence-corrected chi connectivity index (χ0v) is 11.9. The topological polar surface area (TPSA) is 0 Å². The average molecular weight is 251 g/mol. The van der Waals surface area contributed by atoms with Gasteiger partial charge in [-0.2, -0.15) is 35.9 Å². The van der Waals surface area contributed by atoms with E-state index in [1.807, 2.05) is 38.1 Å². The van der Waals surface area contributed by atoms with Gasteiger partial charge in [0.05, 0.1) is 0 Å². The number of benzene rings is 1. The number of aryl methyl sites for hydroxylation is 1. The van der Waals surface area contributed by atoms with E-state index in [-0.39, 0.29) is 32.7 Å². The molecule has 0 heterocycles. The van der Waals surface area contributed by atoms with Gasteiger partial charge in [-0.15, -0.1) is 0 Å². The molecule has 0 aliphatic heterocycles. The summed E-state index contributed by atoms with van der Waals surface area (Å²) in [6, 6.07) is 10.8. The molecule has 0 N–H and O–H groups in total. The summed E-state index contributed by atoms with van der Waals surface area (Å²) in [4.78, 5) is 0. The van der Waals surface area contributed by atoms with E-state index in [2.05, 4.69) is 13.0 Å². The SMILES string of the molecule is CC.Cc1cc[c-]cc1.[CH-]=CC.[Y]. The third-order valence-corrected chi connectivity index (χ3v) is 0.885. The fourth-order valence-electron chi connectivity index (χ4n) is 0.470. The van der Waals surface area contributed by atoms with Gasteiger partial charge in [0.25, 0.3) is 0 Å². The number of rotatable bonds is 0. The van der Waals surface area contributed by atoms with Crippen LogP contribution in [0.3, 0.4) is 0 Å². The van der Waals surface area contributed by atoms with Crippen molar-refractivity contribution in [3.8, 4) is 0 Å². The summed E-state index contributed by atoms with van der Waals surface area (Å²) in [6.45, 7) is 12.6. The largest absolute Gasteiger partial charge is 0.518 e. The van der Waals surface area contributed by atoms with Gasteiger partial charge in [-0.1, -0.05) is 27.7 Å². The number of hydrogen-bond donors (Lipinski definition) is 0. The molecule has 0 aliphatic carbocycles. The molecule has 1 radical (unpaired) electrons. The smallest absolute Gasteiger partial charge is 0 e. The van der Waals surface area contributed by atoms with Crippen molar-refractivity contribution in [3.63, 3.8) is 0 Å². The van der Waals surface area contributed by atoms with Gasteiger partial charge in [0.1, 0.15) is 0 Å². The van der Waals surface area contributed by atoms with E-state index in [1.54, 1.807) is 6.92 Å². The van der Waals surface area contributed by atoms with Gasteiger partial charge < -0.3 is 6.58 Å². The number of hydrogen-bond acceptors (Lipinski definition) is 0. The first-order chi connectivity index (χ1) is 5.81. The third-order valence-electron chi connectivity index (χ3n) is 0.885. The second-order valence-corrected chi connectivity index (χ2v) is 1.91. The molecular weight excluding hydrogens is 233 g/mol. The molecular formula is C12H18Y-2. The molecule has 0 spiro atoms. The zero-order valence-electron chi connectivity index (χ0n) is 9.04. The van der Waals surface area contributed by atoms with Crippen LogP contribution in [0.2, 0.25) is 0 Å². The van der Waals surface area contributed by atoms with E-state index < -0.39 is 0 Å². The Morgan fingerprint density at radius 1 is 1.23 bits per heavy atom. The van der Waals surface area contributed by atoms with Crippen molar-refractivity contribution in [2.24, 2.45) is 0 Å². The Balaban J connectivity index is -0.000000146. The molecule has 1 rings (SSSR count). The summed E-state index contributed by atoms with van der Waals surface area (Å²) < 4.78 is 0. The summed E-state index contributed by atoms with van der Waals surface area (Å²) >= 11 is 0. The molecule has 0 atom stereocenters. The molecule has 13 heavy (non-hydrogen) atoms. The van der Waals surface area contributed by atoms with E-state index in [0.29, 0.717) is 0 Å². The van der Waals surface area contributed by atoms with Crippen LogP contribution >= 0.6 is 0 Å². The molecule has 0 bridgehead atoms. The van der Waals surface area contributed by atoms with Crippen molar-refractivity contribution in [1.29, 1.82) is 0 Å². The van der Waals surface area contributed by atoms with Crippen LogP contribution in [0, 0.1) is 19.6 Å². The molecule has 0 saturated carbocycles. The first-order valence-electron chi connectivity index (χ1n) is 4.23. The van der Waals surface area contributed by atoms with Crippen molar-refractivity contribution < 1.29 is 32.7 Å². The molecule has 0 aliphatic rings. The Morgan fingerprint density at radius 2 is 1.54 bits per heavy atom. The van der Waals surface area contributed by atoms with E-state index in [9.17, 15) is 0 Å². The van der Waals surface area contributed by atoms with E-state index >= 15 is 0 Å². The van der Waals surface area contributed by atoms with E-state index in [4.69, 9.17) is 6.58 Å². The van der Waals surface area contributed by atoms with Gasteiger partial charge in [-0.25, -0.2) is 0 Å². The first-order valence-corrected chi connectivity index (χ1v) is 4.23. The monoisotopic (exact) mass is 251 g/mol. The van der Waals surface area contributed by atoms with Crippen LogP contribution in [0.25, 0.3) is 0 Å². The molecule has 0 nitrogen and oxygen atoms in total. The Hall–Kier alpha value is 0.0639. The van der Waals surface area contributed by atoms with Gasteiger partial charge >= 0.3 is 0 Å². The minimum absolute atomic E-state index is 0. The van der Waals surface area contributed by atoms with Crippen LogP contribution in [0.4, 0.5) is 0 Å². The maximum absolute atomic E-state index is 4.72.